The Kier molecular flexibility index (Phi) is 3.71. The molecule has 0 saturated carbocycles. The van der Waals surface area contributed by atoms with Crippen molar-refractivity contribution in [3.05, 3.63) is 23.2 Å². The number of hydrogen-bond acceptors (Lipinski definition) is 3. The summed E-state index contributed by atoms with van der Waals surface area (Å²) >= 11 is 10.5. The summed E-state index contributed by atoms with van der Waals surface area (Å²) in [4.78, 5) is 0. The SMILES string of the molecule is NC(=S)Nc1cccc(B(O)O)c1Cl. The van der Waals surface area contributed by atoms with E-state index in [0.29, 0.717) is 5.69 Å². The van der Waals surface area contributed by atoms with E-state index >= 15 is 0 Å². The van der Waals surface area contributed by atoms with Gasteiger partial charge >= 0.3 is 7.12 Å². The summed E-state index contributed by atoms with van der Waals surface area (Å²) < 4.78 is 0. The van der Waals surface area contributed by atoms with Crippen molar-refractivity contribution in [2.45, 2.75) is 0 Å². The highest BCUT2D eigenvalue weighted by Gasteiger charge is 2.17. The molecule has 0 radical (unpaired) electrons. The van der Waals surface area contributed by atoms with E-state index in [0.717, 1.165) is 0 Å². The minimum atomic E-state index is -1.62. The van der Waals surface area contributed by atoms with Crippen LogP contribution in [0.4, 0.5) is 5.69 Å². The molecule has 1 aromatic carbocycles. The summed E-state index contributed by atoms with van der Waals surface area (Å²) in [6.07, 6.45) is 0. The van der Waals surface area contributed by atoms with Crippen LogP contribution in [0, 0.1) is 0 Å². The Morgan fingerprint density at radius 3 is 2.64 bits per heavy atom. The smallest absolute Gasteiger partial charge is 0.423 e. The van der Waals surface area contributed by atoms with Crippen LogP contribution in [0.15, 0.2) is 18.2 Å². The lowest BCUT2D eigenvalue weighted by Crippen LogP contribution is -2.31. The van der Waals surface area contributed by atoms with E-state index in [-0.39, 0.29) is 15.6 Å². The van der Waals surface area contributed by atoms with E-state index in [9.17, 15) is 0 Å². The zero-order valence-electron chi connectivity index (χ0n) is 7.07. The van der Waals surface area contributed by atoms with Gasteiger partial charge in [-0.1, -0.05) is 23.7 Å². The zero-order valence-corrected chi connectivity index (χ0v) is 8.64. The molecule has 0 unspecified atom stereocenters. The minimum Gasteiger partial charge on any atom is -0.423 e. The fourth-order valence-corrected chi connectivity index (χ4v) is 1.36. The summed E-state index contributed by atoms with van der Waals surface area (Å²) in [5, 5.41) is 20.8. The van der Waals surface area contributed by atoms with Crippen LogP contribution in [0.1, 0.15) is 0 Å². The largest absolute Gasteiger partial charge is 0.490 e. The van der Waals surface area contributed by atoms with Gasteiger partial charge in [-0.25, -0.2) is 0 Å². The maximum absolute atomic E-state index is 8.94. The predicted molar refractivity (Wildman–Crippen MR) is 61.7 cm³/mol. The van der Waals surface area contributed by atoms with Gasteiger partial charge in [0.05, 0.1) is 10.7 Å². The summed E-state index contributed by atoms with van der Waals surface area (Å²) in [6, 6.07) is 4.74. The topological polar surface area (TPSA) is 78.5 Å². The van der Waals surface area contributed by atoms with Crippen molar-refractivity contribution in [3.8, 4) is 0 Å². The van der Waals surface area contributed by atoms with Crippen molar-refractivity contribution >= 4 is 47.2 Å². The van der Waals surface area contributed by atoms with Crippen LogP contribution < -0.4 is 16.5 Å². The monoisotopic (exact) mass is 230 g/mol. The first-order chi connectivity index (χ1) is 6.52. The van der Waals surface area contributed by atoms with Crippen molar-refractivity contribution in [2.24, 2.45) is 5.73 Å². The van der Waals surface area contributed by atoms with Crippen molar-refractivity contribution in [3.63, 3.8) is 0 Å². The van der Waals surface area contributed by atoms with Crippen LogP contribution in [-0.2, 0) is 0 Å². The second kappa shape index (κ2) is 4.61. The average molecular weight is 230 g/mol. The van der Waals surface area contributed by atoms with Crippen LogP contribution in [0.5, 0.6) is 0 Å². The van der Waals surface area contributed by atoms with Crippen LogP contribution in [0.25, 0.3) is 0 Å². The molecule has 0 atom stereocenters. The third kappa shape index (κ3) is 2.59. The van der Waals surface area contributed by atoms with Crippen molar-refractivity contribution in [1.29, 1.82) is 0 Å². The first-order valence-corrected chi connectivity index (χ1v) is 4.52. The molecule has 0 heterocycles. The van der Waals surface area contributed by atoms with Crippen LogP contribution >= 0.6 is 23.8 Å². The summed E-state index contributed by atoms with van der Waals surface area (Å²) in [5.41, 5.74) is 5.91. The minimum absolute atomic E-state index is 0.0662. The van der Waals surface area contributed by atoms with Gasteiger partial charge in [-0.2, -0.15) is 0 Å². The Morgan fingerprint density at radius 1 is 1.50 bits per heavy atom. The Balaban J connectivity index is 3.07. The first-order valence-electron chi connectivity index (χ1n) is 3.73. The van der Waals surface area contributed by atoms with Crippen molar-refractivity contribution in [1.82, 2.24) is 0 Å². The molecule has 0 aliphatic carbocycles. The Hall–Kier alpha value is -0.815. The van der Waals surface area contributed by atoms with E-state index < -0.39 is 7.12 Å². The van der Waals surface area contributed by atoms with E-state index in [4.69, 9.17) is 27.4 Å². The number of benzene rings is 1. The molecule has 0 spiro atoms. The fraction of sp³-hybridized carbons (Fsp3) is 0. The molecule has 0 amide bonds. The number of rotatable bonds is 2. The van der Waals surface area contributed by atoms with E-state index in [2.05, 4.69) is 17.5 Å². The molecular formula is C7H8BClN2O2S. The second-order valence-corrected chi connectivity index (χ2v) is 3.39. The number of thiocarbonyl (C=S) groups is 1. The number of halogens is 1. The molecule has 14 heavy (non-hydrogen) atoms. The highest BCUT2D eigenvalue weighted by Crippen LogP contribution is 2.18. The first kappa shape index (κ1) is 11.3. The highest BCUT2D eigenvalue weighted by molar-refractivity contribution is 7.80. The molecule has 74 valence electrons. The predicted octanol–water partition coefficient (Wildman–Crippen LogP) is -0.325. The van der Waals surface area contributed by atoms with Gasteiger partial charge in [0, 0.05) is 5.46 Å². The molecule has 0 saturated heterocycles. The van der Waals surface area contributed by atoms with Crippen LogP contribution in [0.2, 0.25) is 5.02 Å². The summed E-state index contributed by atoms with van der Waals surface area (Å²) in [7, 11) is -1.62. The fourth-order valence-electron chi connectivity index (χ4n) is 0.979. The molecule has 0 aliphatic rings. The number of nitrogens with two attached hydrogens (primary N) is 1. The van der Waals surface area contributed by atoms with Gasteiger partial charge in [-0.15, -0.1) is 0 Å². The van der Waals surface area contributed by atoms with Gasteiger partial charge in [-0.3, -0.25) is 0 Å². The molecule has 0 aromatic heterocycles. The standard InChI is InChI=1S/C7H8BClN2O2S/c9-6-4(8(12)13)2-1-3-5(6)11-7(10)14/h1-3,12-13H,(H3,10,11,14). The summed E-state index contributed by atoms with van der Waals surface area (Å²) in [6.45, 7) is 0. The lowest BCUT2D eigenvalue weighted by molar-refractivity contribution is 0.426. The highest BCUT2D eigenvalue weighted by atomic mass is 35.5. The van der Waals surface area contributed by atoms with Gasteiger partial charge in [0.25, 0.3) is 0 Å². The van der Waals surface area contributed by atoms with E-state index in [1.165, 1.54) is 6.07 Å². The molecule has 0 fully saturated rings. The number of nitrogens with one attached hydrogen (secondary N) is 1. The molecule has 0 aliphatic heterocycles. The maximum Gasteiger partial charge on any atom is 0.490 e. The Labute approximate surface area is 91.8 Å². The van der Waals surface area contributed by atoms with E-state index in [1.807, 2.05) is 0 Å². The van der Waals surface area contributed by atoms with Gasteiger partial charge in [0.2, 0.25) is 0 Å². The third-order valence-corrected chi connectivity index (χ3v) is 2.09. The van der Waals surface area contributed by atoms with Gasteiger partial charge < -0.3 is 21.1 Å². The lowest BCUT2D eigenvalue weighted by atomic mass is 9.80. The maximum atomic E-state index is 8.94. The van der Waals surface area contributed by atoms with Crippen molar-refractivity contribution in [2.75, 3.05) is 5.32 Å². The molecule has 5 N–H and O–H groups in total. The Morgan fingerprint density at radius 2 is 2.14 bits per heavy atom. The Bertz CT molecular complexity index is 362. The van der Waals surface area contributed by atoms with Crippen LogP contribution in [-0.4, -0.2) is 22.3 Å². The third-order valence-electron chi connectivity index (χ3n) is 1.56. The summed E-state index contributed by atoms with van der Waals surface area (Å²) in [5.74, 6) is 0. The molecule has 4 nitrogen and oxygen atoms in total. The van der Waals surface area contributed by atoms with Gasteiger partial charge in [-0.05, 0) is 18.3 Å². The average Bonchev–Trinajstić information content (AvgIpc) is 2.07. The normalized spacial score (nSPS) is 9.64. The zero-order chi connectivity index (χ0) is 10.7. The van der Waals surface area contributed by atoms with E-state index in [1.54, 1.807) is 12.1 Å². The molecule has 1 aromatic rings. The second-order valence-electron chi connectivity index (χ2n) is 2.57. The van der Waals surface area contributed by atoms with Crippen LogP contribution in [0.3, 0.4) is 0 Å². The number of anilines is 1. The van der Waals surface area contributed by atoms with Crippen molar-refractivity contribution < 1.29 is 10.0 Å². The molecular weight excluding hydrogens is 222 g/mol. The lowest BCUT2D eigenvalue weighted by Gasteiger charge is -2.09. The van der Waals surface area contributed by atoms with Gasteiger partial charge in [0.15, 0.2) is 5.11 Å². The molecule has 1 rings (SSSR count). The number of hydrogen-bond donors (Lipinski definition) is 4. The molecule has 0 bridgehead atoms. The van der Waals surface area contributed by atoms with Gasteiger partial charge in [0.1, 0.15) is 0 Å². The quantitative estimate of drug-likeness (QED) is 0.414. The molecule has 7 heteroatoms.